The van der Waals surface area contributed by atoms with Gasteiger partial charge in [-0.3, -0.25) is 4.90 Å². The van der Waals surface area contributed by atoms with Crippen LogP contribution >= 0.6 is 0 Å². The lowest BCUT2D eigenvalue weighted by atomic mass is 9.77. The summed E-state index contributed by atoms with van der Waals surface area (Å²) in [7, 11) is 0. The van der Waals surface area contributed by atoms with Crippen LogP contribution in [0.1, 0.15) is 66.2 Å². The van der Waals surface area contributed by atoms with Gasteiger partial charge in [-0.05, 0) is 52.4 Å². The highest BCUT2D eigenvalue weighted by molar-refractivity contribution is 5.05. The quantitative estimate of drug-likeness (QED) is 0.852. The smallest absolute Gasteiger partial charge is 0.0670 e. The summed E-state index contributed by atoms with van der Waals surface area (Å²) in [6.45, 7) is 10.8. The predicted molar refractivity (Wildman–Crippen MR) is 80.3 cm³/mol. The topological polar surface area (TPSA) is 38.5 Å². The van der Waals surface area contributed by atoms with E-state index < -0.39 is 0 Å². The van der Waals surface area contributed by atoms with Crippen molar-refractivity contribution in [1.82, 2.24) is 4.90 Å². The molecule has 19 heavy (non-hydrogen) atoms. The highest BCUT2D eigenvalue weighted by Crippen LogP contribution is 2.43. The molecule has 0 bridgehead atoms. The van der Waals surface area contributed by atoms with E-state index in [-0.39, 0.29) is 11.1 Å². The standard InChI is InChI=1S/C16H32N2O/c1-5-14-8-7-13(3)18(14)16(12-17)9-10-19-15(4,6-2)11-16/h13-14H,5-12,17H2,1-4H3. The van der Waals surface area contributed by atoms with Crippen molar-refractivity contribution < 1.29 is 4.74 Å². The van der Waals surface area contributed by atoms with E-state index in [4.69, 9.17) is 10.5 Å². The van der Waals surface area contributed by atoms with Gasteiger partial charge in [-0.25, -0.2) is 0 Å². The second-order valence-electron chi connectivity index (χ2n) is 6.90. The Labute approximate surface area is 118 Å². The number of ether oxygens (including phenoxy) is 1. The fourth-order valence-corrected chi connectivity index (χ4v) is 4.38. The summed E-state index contributed by atoms with van der Waals surface area (Å²) in [4.78, 5) is 2.77. The second-order valence-corrected chi connectivity index (χ2v) is 6.90. The van der Waals surface area contributed by atoms with E-state index in [1.165, 1.54) is 19.3 Å². The first kappa shape index (κ1) is 15.3. The van der Waals surface area contributed by atoms with Crippen LogP contribution in [0.3, 0.4) is 0 Å². The molecule has 0 amide bonds. The van der Waals surface area contributed by atoms with Crippen LogP contribution in [0.15, 0.2) is 0 Å². The molecule has 0 aromatic heterocycles. The maximum absolute atomic E-state index is 6.28. The Morgan fingerprint density at radius 1 is 1.32 bits per heavy atom. The zero-order valence-corrected chi connectivity index (χ0v) is 13.2. The molecular weight excluding hydrogens is 236 g/mol. The molecule has 2 aliphatic rings. The highest BCUT2D eigenvalue weighted by atomic mass is 16.5. The second kappa shape index (κ2) is 5.71. The van der Waals surface area contributed by atoms with E-state index in [0.717, 1.165) is 38.5 Å². The molecule has 0 radical (unpaired) electrons. The number of hydrogen-bond donors (Lipinski definition) is 1. The minimum Gasteiger partial charge on any atom is -0.375 e. The summed E-state index contributed by atoms with van der Waals surface area (Å²) >= 11 is 0. The van der Waals surface area contributed by atoms with Crippen LogP contribution in [0.25, 0.3) is 0 Å². The SMILES string of the molecule is CCC1CCC(C)N1C1(CN)CCOC(C)(CC)C1. The van der Waals surface area contributed by atoms with E-state index in [1.807, 2.05) is 0 Å². The molecule has 4 atom stereocenters. The van der Waals surface area contributed by atoms with Gasteiger partial charge in [-0.1, -0.05) is 13.8 Å². The van der Waals surface area contributed by atoms with Crippen LogP contribution in [-0.4, -0.2) is 41.3 Å². The first-order valence-electron chi connectivity index (χ1n) is 8.13. The lowest BCUT2D eigenvalue weighted by Gasteiger charge is -2.53. The normalized spacial score (nSPS) is 44.7. The van der Waals surface area contributed by atoms with Gasteiger partial charge >= 0.3 is 0 Å². The minimum atomic E-state index is 0.0121. The maximum atomic E-state index is 6.28. The molecule has 4 unspecified atom stereocenters. The number of nitrogens with two attached hydrogens (primary N) is 1. The molecule has 0 aromatic carbocycles. The van der Waals surface area contributed by atoms with Gasteiger partial charge in [0.15, 0.2) is 0 Å². The van der Waals surface area contributed by atoms with Crippen molar-refractivity contribution in [1.29, 1.82) is 0 Å². The Morgan fingerprint density at radius 3 is 2.63 bits per heavy atom. The third kappa shape index (κ3) is 2.70. The fraction of sp³-hybridized carbons (Fsp3) is 1.00. The largest absolute Gasteiger partial charge is 0.375 e. The van der Waals surface area contributed by atoms with Crippen molar-refractivity contribution in [2.45, 2.75) is 89.4 Å². The molecule has 2 saturated heterocycles. The Bertz CT molecular complexity index is 309. The summed E-state index contributed by atoms with van der Waals surface area (Å²) in [5, 5.41) is 0. The molecule has 3 nitrogen and oxygen atoms in total. The molecule has 3 heteroatoms. The molecule has 2 N–H and O–H groups in total. The summed E-state index contributed by atoms with van der Waals surface area (Å²) in [5.41, 5.74) is 6.45. The van der Waals surface area contributed by atoms with E-state index >= 15 is 0 Å². The monoisotopic (exact) mass is 268 g/mol. The van der Waals surface area contributed by atoms with E-state index in [2.05, 4.69) is 32.6 Å². The van der Waals surface area contributed by atoms with Crippen molar-refractivity contribution in [2.75, 3.05) is 13.2 Å². The number of rotatable bonds is 4. The Balaban J connectivity index is 2.26. The Morgan fingerprint density at radius 2 is 2.05 bits per heavy atom. The van der Waals surface area contributed by atoms with Gasteiger partial charge in [0.1, 0.15) is 0 Å². The van der Waals surface area contributed by atoms with Gasteiger partial charge in [-0.15, -0.1) is 0 Å². The fourth-order valence-electron chi connectivity index (χ4n) is 4.38. The third-order valence-electron chi connectivity index (χ3n) is 5.65. The van der Waals surface area contributed by atoms with E-state index in [0.29, 0.717) is 6.04 Å². The predicted octanol–water partition coefficient (Wildman–Crippen LogP) is 2.93. The molecule has 0 aromatic rings. The minimum absolute atomic E-state index is 0.0121. The molecule has 2 fully saturated rings. The van der Waals surface area contributed by atoms with Crippen LogP contribution < -0.4 is 5.73 Å². The first-order valence-corrected chi connectivity index (χ1v) is 8.13. The molecule has 2 heterocycles. The third-order valence-corrected chi connectivity index (χ3v) is 5.65. The van der Waals surface area contributed by atoms with Crippen LogP contribution in [0, 0.1) is 0 Å². The van der Waals surface area contributed by atoms with Crippen molar-refractivity contribution in [2.24, 2.45) is 5.73 Å². The molecule has 0 aliphatic carbocycles. The summed E-state index contributed by atoms with van der Waals surface area (Å²) in [6, 6.07) is 1.39. The molecule has 2 rings (SSSR count). The average Bonchev–Trinajstić information content (AvgIpc) is 2.80. The zero-order chi connectivity index (χ0) is 14.1. The number of hydrogen-bond acceptors (Lipinski definition) is 3. The van der Waals surface area contributed by atoms with Crippen molar-refractivity contribution in [3.63, 3.8) is 0 Å². The molecular formula is C16H32N2O. The molecule has 2 aliphatic heterocycles. The summed E-state index contributed by atoms with van der Waals surface area (Å²) in [6.07, 6.45) is 7.17. The van der Waals surface area contributed by atoms with Crippen molar-refractivity contribution in [3.8, 4) is 0 Å². The Kier molecular flexibility index (Phi) is 4.59. The molecule has 0 spiro atoms. The molecule has 112 valence electrons. The Hall–Kier alpha value is -0.120. The van der Waals surface area contributed by atoms with Crippen molar-refractivity contribution >= 4 is 0 Å². The van der Waals surface area contributed by atoms with Crippen LogP contribution in [0.2, 0.25) is 0 Å². The summed E-state index contributed by atoms with van der Waals surface area (Å²) in [5.74, 6) is 0. The van der Waals surface area contributed by atoms with Gasteiger partial charge in [0.25, 0.3) is 0 Å². The van der Waals surface area contributed by atoms with Gasteiger partial charge in [-0.2, -0.15) is 0 Å². The summed E-state index contributed by atoms with van der Waals surface area (Å²) < 4.78 is 6.05. The van der Waals surface area contributed by atoms with Gasteiger partial charge in [0, 0.05) is 30.8 Å². The number of nitrogens with zero attached hydrogens (tertiary/aromatic N) is 1. The van der Waals surface area contributed by atoms with E-state index in [1.54, 1.807) is 0 Å². The van der Waals surface area contributed by atoms with E-state index in [9.17, 15) is 0 Å². The molecule has 0 saturated carbocycles. The van der Waals surface area contributed by atoms with Gasteiger partial charge in [0.05, 0.1) is 5.60 Å². The van der Waals surface area contributed by atoms with Crippen LogP contribution in [-0.2, 0) is 4.74 Å². The highest BCUT2D eigenvalue weighted by Gasteiger charge is 2.50. The van der Waals surface area contributed by atoms with Crippen molar-refractivity contribution in [3.05, 3.63) is 0 Å². The lowest BCUT2D eigenvalue weighted by molar-refractivity contribution is -0.137. The average molecular weight is 268 g/mol. The van der Waals surface area contributed by atoms with Crippen LogP contribution in [0.4, 0.5) is 0 Å². The maximum Gasteiger partial charge on any atom is 0.0670 e. The lowest BCUT2D eigenvalue weighted by Crippen LogP contribution is -2.63. The zero-order valence-electron chi connectivity index (χ0n) is 13.2. The first-order chi connectivity index (χ1) is 9.00. The van der Waals surface area contributed by atoms with Crippen LogP contribution in [0.5, 0.6) is 0 Å². The number of likely N-dealkylation sites (tertiary alicyclic amines) is 1. The van der Waals surface area contributed by atoms with Gasteiger partial charge < -0.3 is 10.5 Å². The van der Waals surface area contributed by atoms with Gasteiger partial charge in [0.2, 0.25) is 0 Å².